The molecule has 9 nitrogen and oxygen atoms in total. The summed E-state index contributed by atoms with van der Waals surface area (Å²) in [5, 5.41) is 0. The van der Waals surface area contributed by atoms with E-state index in [2.05, 4.69) is 0 Å². The third kappa shape index (κ3) is 10.9. The molecule has 0 aliphatic carbocycles. The molecule has 196 valence electrons. The molecule has 1 atom stereocenters. The first-order chi connectivity index (χ1) is 16.4. The summed E-state index contributed by atoms with van der Waals surface area (Å²) in [5.74, 6) is -1.64. The van der Waals surface area contributed by atoms with E-state index in [4.69, 9.17) is 24.7 Å². The van der Waals surface area contributed by atoms with Crippen LogP contribution in [0.15, 0.2) is 18.2 Å². The average molecular weight is 494 g/mol. The van der Waals surface area contributed by atoms with Crippen LogP contribution in [0, 0.1) is 11.8 Å². The fourth-order valence-electron chi connectivity index (χ4n) is 3.28. The quantitative estimate of drug-likeness (QED) is 0.304. The van der Waals surface area contributed by atoms with Crippen LogP contribution in [0.3, 0.4) is 0 Å². The molecule has 0 saturated heterocycles. The van der Waals surface area contributed by atoms with Gasteiger partial charge in [-0.15, -0.1) is 0 Å². The van der Waals surface area contributed by atoms with Gasteiger partial charge in [0.15, 0.2) is 11.5 Å². The summed E-state index contributed by atoms with van der Waals surface area (Å²) < 4.78 is 21.0. The lowest BCUT2D eigenvalue weighted by molar-refractivity contribution is -0.151. The molecule has 0 saturated carbocycles. The summed E-state index contributed by atoms with van der Waals surface area (Å²) in [4.78, 5) is 48.7. The number of carbonyl (C=O) groups excluding carboxylic acids is 4. The van der Waals surface area contributed by atoms with Crippen molar-refractivity contribution >= 4 is 23.9 Å². The first-order valence-electron chi connectivity index (χ1n) is 12.0. The number of nitrogens with two attached hydrogens (primary N) is 1. The van der Waals surface area contributed by atoms with E-state index in [-0.39, 0.29) is 68.0 Å². The minimum absolute atomic E-state index is 0.0138. The van der Waals surface area contributed by atoms with E-state index >= 15 is 0 Å². The molecule has 0 bridgehead atoms. The first-order valence-corrected chi connectivity index (χ1v) is 12.0. The predicted molar refractivity (Wildman–Crippen MR) is 130 cm³/mol. The Balaban J connectivity index is 3.17. The molecule has 35 heavy (non-hydrogen) atoms. The molecule has 0 spiro atoms. The Morgan fingerprint density at radius 2 is 1.49 bits per heavy atom. The van der Waals surface area contributed by atoms with Crippen molar-refractivity contribution in [3.63, 3.8) is 0 Å². The summed E-state index contributed by atoms with van der Waals surface area (Å²) in [6.07, 6.45) is 1.35. The van der Waals surface area contributed by atoms with Crippen molar-refractivity contribution in [3.8, 4) is 11.5 Å². The molecule has 1 aromatic rings. The van der Waals surface area contributed by atoms with Crippen LogP contribution in [0.2, 0.25) is 0 Å². The molecule has 1 aromatic carbocycles. The topological polar surface area (TPSA) is 131 Å². The highest BCUT2D eigenvalue weighted by atomic mass is 16.6. The molecular formula is C26H39NO8. The van der Waals surface area contributed by atoms with Crippen molar-refractivity contribution in [2.75, 3.05) is 13.7 Å². The predicted octanol–water partition coefficient (Wildman–Crippen LogP) is 3.74. The molecule has 2 N–H and O–H groups in total. The number of ether oxygens (including phenoxy) is 4. The van der Waals surface area contributed by atoms with Gasteiger partial charge in [0.2, 0.25) is 0 Å². The Morgan fingerprint density at radius 1 is 0.914 bits per heavy atom. The molecule has 0 amide bonds. The molecule has 1 rings (SSSR count). The second kappa shape index (κ2) is 14.5. The van der Waals surface area contributed by atoms with Crippen LogP contribution < -0.4 is 15.2 Å². The first kappa shape index (κ1) is 30.1. The van der Waals surface area contributed by atoms with E-state index in [0.717, 1.165) is 0 Å². The van der Waals surface area contributed by atoms with E-state index in [1.165, 1.54) is 19.2 Å². The van der Waals surface area contributed by atoms with Crippen molar-refractivity contribution in [3.05, 3.63) is 23.8 Å². The van der Waals surface area contributed by atoms with Gasteiger partial charge in [-0.05, 0) is 36.0 Å². The van der Waals surface area contributed by atoms with Gasteiger partial charge < -0.3 is 24.7 Å². The minimum Gasteiger partial charge on any atom is -0.468 e. The zero-order chi connectivity index (χ0) is 26.6. The van der Waals surface area contributed by atoms with Crippen LogP contribution in [-0.2, 0) is 35.1 Å². The number of carbonyl (C=O) groups is 4. The van der Waals surface area contributed by atoms with Gasteiger partial charge in [0.25, 0.3) is 0 Å². The van der Waals surface area contributed by atoms with Crippen LogP contribution in [0.25, 0.3) is 0 Å². The third-order valence-electron chi connectivity index (χ3n) is 4.98. The van der Waals surface area contributed by atoms with E-state index in [0.29, 0.717) is 12.0 Å². The number of hydrogen-bond acceptors (Lipinski definition) is 9. The Kier molecular flexibility index (Phi) is 12.4. The fourth-order valence-corrected chi connectivity index (χ4v) is 3.28. The van der Waals surface area contributed by atoms with Gasteiger partial charge in [-0.1, -0.05) is 40.7 Å². The number of benzene rings is 1. The van der Waals surface area contributed by atoms with Gasteiger partial charge >= 0.3 is 23.9 Å². The standard InChI is InChI=1S/C26H39NO8/c1-7-8-22(28)33-12-11-26(27,25(31)32-6)16-19-9-10-20(34-23(29)13-17(2)3)21(15-19)35-24(30)14-18(4)5/h9-10,15,17-18H,7-8,11-14,16,27H2,1-6H3/t26-/m1/s1. The summed E-state index contributed by atoms with van der Waals surface area (Å²) in [5.41, 5.74) is 5.44. The monoisotopic (exact) mass is 493 g/mol. The Bertz CT molecular complexity index is 880. The molecule has 9 heteroatoms. The molecule has 0 heterocycles. The zero-order valence-corrected chi connectivity index (χ0v) is 21.7. The second-order valence-corrected chi connectivity index (χ2v) is 9.47. The number of methoxy groups -OCH3 is 1. The Morgan fingerprint density at radius 3 is 2.00 bits per heavy atom. The number of esters is 4. The molecule has 0 unspecified atom stereocenters. The summed E-state index contributed by atoms with van der Waals surface area (Å²) in [6, 6.07) is 4.65. The van der Waals surface area contributed by atoms with E-state index < -0.39 is 23.4 Å². The fraction of sp³-hybridized carbons (Fsp3) is 0.615. The Labute approximate surface area is 207 Å². The van der Waals surface area contributed by atoms with Crippen LogP contribution >= 0.6 is 0 Å². The molecule has 0 aliphatic rings. The van der Waals surface area contributed by atoms with Gasteiger partial charge in [0.1, 0.15) is 5.54 Å². The van der Waals surface area contributed by atoms with Crippen molar-refractivity contribution < 1.29 is 38.1 Å². The lowest BCUT2D eigenvalue weighted by Crippen LogP contribution is -2.51. The average Bonchev–Trinajstić information content (AvgIpc) is 2.74. The summed E-state index contributed by atoms with van der Waals surface area (Å²) in [6.45, 7) is 9.35. The van der Waals surface area contributed by atoms with Gasteiger partial charge in [-0.3, -0.25) is 19.2 Å². The van der Waals surface area contributed by atoms with Crippen molar-refractivity contribution in [1.29, 1.82) is 0 Å². The third-order valence-corrected chi connectivity index (χ3v) is 4.98. The summed E-state index contributed by atoms with van der Waals surface area (Å²) >= 11 is 0. The van der Waals surface area contributed by atoms with Crippen molar-refractivity contribution in [1.82, 2.24) is 0 Å². The van der Waals surface area contributed by atoms with Gasteiger partial charge in [0, 0.05) is 32.1 Å². The van der Waals surface area contributed by atoms with Gasteiger partial charge in [-0.2, -0.15) is 0 Å². The maximum absolute atomic E-state index is 12.5. The highest BCUT2D eigenvalue weighted by Gasteiger charge is 2.36. The lowest BCUT2D eigenvalue weighted by atomic mass is 9.88. The van der Waals surface area contributed by atoms with E-state index in [9.17, 15) is 19.2 Å². The molecular weight excluding hydrogens is 454 g/mol. The molecule has 0 fully saturated rings. The second-order valence-electron chi connectivity index (χ2n) is 9.47. The van der Waals surface area contributed by atoms with E-state index in [1.54, 1.807) is 6.07 Å². The van der Waals surface area contributed by atoms with Gasteiger partial charge in [0.05, 0.1) is 13.7 Å². The zero-order valence-electron chi connectivity index (χ0n) is 21.7. The maximum atomic E-state index is 12.5. The highest BCUT2D eigenvalue weighted by molar-refractivity contribution is 5.81. The van der Waals surface area contributed by atoms with E-state index in [1.807, 2.05) is 34.6 Å². The normalized spacial score (nSPS) is 12.7. The SMILES string of the molecule is CCCC(=O)OCC[C@@](N)(Cc1ccc(OC(=O)CC(C)C)c(OC(=O)CC(C)C)c1)C(=O)OC. The van der Waals surface area contributed by atoms with Crippen LogP contribution in [0.1, 0.15) is 72.3 Å². The molecule has 0 aromatic heterocycles. The largest absolute Gasteiger partial charge is 0.468 e. The number of hydrogen-bond donors (Lipinski definition) is 1. The van der Waals surface area contributed by atoms with Crippen molar-refractivity contribution in [2.45, 2.75) is 78.7 Å². The van der Waals surface area contributed by atoms with Gasteiger partial charge in [-0.25, -0.2) is 0 Å². The Hall–Kier alpha value is -2.94. The van der Waals surface area contributed by atoms with Crippen LogP contribution in [-0.4, -0.2) is 43.1 Å². The minimum atomic E-state index is -1.49. The maximum Gasteiger partial charge on any atom is 0.326 e. The molecule has 0 aliphatic heterocycles. The smallest absolute Gasteiger partial charge is 0.326 e. The number of rotatable bonds is 14. The van der Waals surface area contributed by atoms with Crippen LogP contribution in [0.5, 0.6) is 11.5 Å². The van der Waals surface area contributed by atoms with Crippen molar-refractivity contribution in [2.24, 2.45) is 17.6 Å². The lowest BCUT2D eigenvalue weighted by Gasteiger charge is -2.27. The van der Waals surface area contributed by atoms with Crippen LogP contribution in [0.4, 0.5) is 0 Å². The summed E-state index contributed by atoms with van der Waals surface area (Å²) in [7, 11) is 1.23. The molecule has 0 radical (unpaired) electrons. The highest BCUT2D eigenvalue weighted by Crippen LogP contribution is 2.31.